The molecule has 1 atom stereocenters. The maximum absolute atomic E-state index is 13.0. The Balaban J connectivity index is 1.51. The minimum absolute atomic E-state index is 0.245. The van der Waals surface area contributed by atoms with Gasteiger partial charge >= 0.3 is 0 Å². The lowest BCUT2D eigenvalue weighted by atomic mass is 9.87. The first-order valence-corrected chi connectivity index (χ1v) is 11.5. The Hall–Kier alpha value is -2.71. The first-order chi connectivity index (χ1) is 14.1. The number of hydrogen-bond donors (Lipinski definition) is 3. The van der Waals surface area contributed by atoms with Crippen molar-refractivity contribution in [1.29, 1.82) is 0 Å². The molecule has 2 heterocycles. The number of anilines is 1. The van der Waals surface area contributed by atoms with E-state index < -0.39 is 10.0 Å². The third-order valence-electron chi connectivity index (χ3n) is 5.87. The van der Waals surface area contributed by atoms with Gasteiger partial charge in [-0.15, -0.1) is 5.10 Å². The number of fused-ring (bicyclic) bond motifs is 1. The van der Waals surface area contributed by atoms with E-state index in [0.717, 1.165) is 36.9 Å². The van der Waals surface area contributed by atoms with Crippen LogP contribution in [0, 0.1) is 5.92 Å². The maximum Gasteiger partial charge on any atom is 0.244 e. The molecule has 150 valence electrons. The number of aromatic nitrogens is 3. The summed E-state index contributed by atoms with van der Waals surface area (Å²) in [7, 11) is -3.60. The fourth-order valence-corrected chi connectivity index (χ4v) is 5.77. The highest BCUT2D eigenvalue weighted by Crippen LogP contribution is 2.36. The van der Waals surface area contributed by atoms with Crippen LogP contribution in [-0.4, -0.2) is 30.0 Å². The summed E-state index contributed by atoms with van der Waals surface area (Å²) >= 11 is 0. The van der Waals surface area contributed by atoms with Gasteiger partial charge in [0, 0.05) is 11.1 Å². The van der Waals surface area contributed by atoms with Crippen molar-refractivity contribution in [2.75, 3.05) is 5.32 Å². The largest absolute Gasteiger partial charge is 0.368 e. The topological polar surface area (TPSA) is 99.8 Å². The molecular weight excluding hydrogens is 386 g/mol. The smallest absolute Gasteiger partial charge is 0.244 e. The molecule has 2 aliphatic rings. The van der Waals surface area contributed by atoms with Crippen molar-refractivity contribution in [3.05, 3.63) is 48.5 Å². The van der Waals surface area contributed by atoms with Crippen molar-refractivity contribution in [3.8, 4) is 22.5 Å². The summed E-state index contributed by atoms with van der Waals surface area (Å²) in [6.45, 7) is 0. The number of sulfonamides is 1. The van der Waals surface area contributed by atoms with E-state index in [-0.39, 0.29) is 11.1 Å². The number of nitrogens with one attached hydrogen (secondary N) is 3. The van der Waals surface area contributed by atoms with E-state index >= 15 is 0 Å². The van der Waals surface area contributed by atoms with Crippen LogP contribution in [0.5, 0.6) is 0 Å². The lowest BCUT2D eigenvalue weighted by Gasteiger charge is -2.35. The number of H-pyrrole nitrogens is 1. The minimum atomic E-state index is -3.60. The van der Waals surface area contributed by atoms with Gasteiger partial charge in [0.05, 0.1) is 17.5 Å². The molecule has 0 spiro atoms. The van der Waals surface area contributed by atoms with Gasteiger partial charge in [-0.3, -0.25) is 5.10 Å². The molecular formula is C21H23N5O2S. The van der Waals surface area contributed by atoms with E-state index in [0.29, 0.717) is 22.9 Å². The van der Waals surface area contributed by atoms with Gasteiger partial charge in [-0.25, -0.2) is 8.42 Å². The van der Waals surface area contributed by atoms with Crippen LogP contribution < -0.4 is 10.0 Å². The van der Waals surface area contributed by atoms with E-state index in [2.05, 4.69) is 25.4 Å². The third kappa shape index (κ3) is 3.42. The van der Waals surface area contributed by atoms with Crippen LogP contribution in [0.2, 0.25) is 0 Å². The van der Waals surface area contributed by atoms with Crippen molar-refractivity contribution in [2.24, 2.45) is 5.92 Å². The number of aromatic amines is 1. The summed E-state index contributed by atoms with van der Waals surface area (Å²) in [6.07, 6.45) is 5.40. The third-order valence-corrected chi connectivity index (χ3v) is 7.35. The van der Waals surface area contributed by atoms with E-state index in [4.69, 9.17) is 0 Å². The highest BCUT2D eigenvalue weighted by atomic mass is 32.2. The Labute approximate surface area is 170 Å². The van der Waals surface area contributed by atoms with Crippen molar-refractivity contribution in [1.82, 2.24) is 20.1 Å². The molecule has 7 nitrogen and oxygen atoms in total. The van der Waals surface area contributed by atoms with Crippen molar-refractivity contribution in [2.45, 2.75) is 43.2 Å². The normalized spacial score (nSPS) is 21.3. The molecule has 29 heavy (non-hydrogen) atoms. The fourth-order valence-electron chi connectivity index (χ4n) is 4.36. The Kier molecular flexibility index (Phi) is 4.60. The zero-order valence-electron chi connectivity index (χ0n) is 15.9. The van der Waals surface area contributed by atoms with Crippen molar-refractivity contribution < 1.29 is 8.42 Å². The SMILES string of the molecule is O=S1(=O)NC(C2CCCCC2)Nc2ccc(-c3nn[nH]c3-c3ccccc3)cc21. The summed E-state index contributed by atoms with van der Waals surface area (Å²) in [5, 5.41) is 14.5. The molecule has 1 fully saturated rings. The van der Waals surface area contributed by atoms with E-state index in [1.54, 1.807) is 6.07 Å². The van der Waals surface area contributed by atoms with Crippen LogP contribution in [0.25, 0.3) is 22.5 Å². The summed E-state index contributed by atoms with van der Waals surface area (Å²) in [4.78, 5) is 0.254. The first-order valence-electron chi connectivity index (χ1n) is 10.0. The van der Waals surface area contributed by atoms with Crippen LogP contribution in [0.15, 0.2) is 53.4 Å². The van der Waals surface area contributed by atoms with Gasteiger partial charge in [-0.05, 0) is 30.9 Å². The zero-order valence-corrected chi connectivity index (χ0v) is 16.7. The quantitative estimate of drug-likeness (QED) is 0.612. The molecule has 0 bridgehead atoms. The van der Waals surface area contributed by atoms with Gasteiger partial charge in [0.25, 0.3) is 0 Å². The Morgan fingerprint density at radius 3 is 2.52 bits per heavy atom. The van der Waals surface area contributed by atoms with Gasteiger partial charge in [0.2, 0.25) is 10.0 Å². The van der Waals surface area contributed by atoms with Crippen LogP contribution >= 0.6 is 0 Å². The van der Waals surface area contributed by atoms with Gasteiger partial charge in [-0.1, -0.05) is 60.9 Å². The molecule has 8 heteroatoms. The van der Waals surface area contributed by atoms with Crippen LogP contribution in [0.1, 0.15) is 32.1 Å². The average Bonchev–Trinajstić information content (AvgIpc) is 3.24. The summed E-state index contributed by atoms with van der Waals surface area (Å²) < 4.78 is 28.9. The van der Waals surface area contributed by atoms with E-state index in [9.17, 15) is 8.42 Å². The molecule has 1 aromatic heterocycles. The summed E-state index contributed by atoms with van der Waals surface area (Å²) in [6, 6.07) is 15.2. The monoisotopic (exact) mass is 409 g/mol. The highest BCUT2D eigenvalue weighted by Gasteiger charge is 2.34. The molecule has 1 aliphatic heterocycles. The number of benzene rings is 2. The number of nitrogens with zero attached hydrogens (tertiary/aromatic N) is 2. The molecule has 0 radical (unpaired) electrons. The second-order valence-electron chi connectivity index (χ2n) is 7.75. The lowest BCUT2D eigenvalue weighted by molar-refractivity contribution is 0.306. The van der Waals surface area contributed by atoms with Crippen molar-refractivity contribution in [3.63, 3.8) is 0 Å². The Bertz CT molecular complexity index is 1120. The fraction of sp³-hybridized carbons (Fsp3) is 0.333. The molecule has 2 aromatic carbocycles. The minimum Gasteiger partial charge on any atom is -0.368 e. The van der Waals surface area contributed by atoms with Gasteiger partial charge in [-0.2, -0.15) is 4.72 Å². The number of hydrogen-bond acceptors (Lipinski definition) is 5. The molecule has 3 aromatic rings. The van der Waals surface area contributed by atoms with Crippen LogP contribution in [-0.2, 0) is 10.0 Å². The van der Waals surface area contributed by atoms with Gasteiger partial charge < -0.3 is 5.32 Å². The predicted molar refractivity (Wildman–Crippen MR) is 112 cm³/mol. The first kappa shape index (κ1) is 18.3. The standard InChI is InChI=1S/C21H23N5O2S/c27-29(28)18-13-16(20-19(23-26-24-20)14-7-3-1-4-8-14)11-12-17(18)22-21(25-29)15-9-5-2-6-10-15/h1,3-4,7-8,11-13,15,21-22,25H,2,5-6,9-10H2,(H,23,24,26). The molecule has 1 saturated carbocycles. The Morgan fingerprint density at radius 2 is 1.72 bits per heavy atom. The number of rotatable bonds is 3. The summed E-state index contributed by atoms with van der Waals surface area (Å²) in [5.41, 5.74) is 3.69. The molecule has 0 saturated heterocycles. The molecule has 3 N–H and O–H groups in total. The molecule has 1 aliphatic carbocycles. The van der Waals surface area contributed by atoms with Crippen LogP contribution in [0.3, 0.4) is 0 Å². The molecule has 0 amide bonds. The second-order valence-corrected chi connectivity index (χ2v) is 9.44. The van der Waals surface area contributed by atoms with E-state index in [1.807, 2.05) is 42.5 Å². The van der Waals surface area contributed by atoms with Crippen LogP contribution in [0.4, 0.5) is 5.69 Å². The molecule has 5 rings (SSSR count). The van der Waals surface area contributed by atoms with Gasteiger partial charge in [0.15, 0.2) is 0 Å². The average molecular weight is 410 g/mol. The predicted octanol–water partition coefficient (Wildman–Crippen LogP) is 3.75. The highest BCUT2D eigenvalue weighted by molar-refractivity contribution is 7.89. The zero-order chi connectivity index (χ0) is 19.8. The van der Waals surface area contributed by atoms with Crippen molar-refractivity contribution >= 4 is 15.7 Å². The van der Waals surface area contributed by atoms with Gasteiger partial charge in [0.1, 0.15) is 10.6 Å². The van der Waals surface area contributed by atoms with E-state index in [1.165, 1.54) is 6.42 Å². The molecule has 1 unspecified atom stereocenters. The maximum atomic E-state index is 13.0. The lowest BCUT2D eigenvalue weighted by Crippen LogP contribution is -2.49. The summed E-state index contributed by atoms with van der Waals surface area (Å²) in [5.74, 6) is 0.326. The Morgan fingerprint density at radius 1 is 0.931 bits per heavy atom. The second kappa shape index (κ2) is 7.27.